The minimum absolute atomic E-state index is 0.0759. The van der Waals surface area contributed by atoms with E-state index in [9.17, 15) is 13.6 Å². The third-order valence-electron chi connectivity index (χ3n) is 4.91. The van der Waals surface area contributed by atoms with E-state index in [1.54, 1.807) is 11.1 Å². The molecule has 0 spiro atoms. The maximum Gasteiger partial charge on any atom is 0.253 e. The van der Waals surface area contributed by atoms with E-state index in [4.69, 9.17) is 4.52 Å². The molecule has 158 valence electrons. The van der Waals surface area contributed by atoms with E-state index in [0.29, 0.717) is 30.5 Å². The van der Waals surface area contributed by atoms with Gasteiger partial charge in [0.2, 0.25) is 11.7 Å². The number of amides is 1. The minimum Gasteiger partial charge on any atom is -0.339 e. The maximum atomic E-state index is 13.4. The first kappa shape index (κ1) is 21.5. The number of carbonyl (C=O) groups excluding carboxylic acids is 1. The number of hydrogen-bond acceptors (Lipinski definition) is 5. The molecular weight excluding hydrogens is 390 g/mol. The zero-order chi connectivity index (χ0) is 21.5. The maximum absolute atomic E-state index is 13.4. The summed E-state index contributed by atoms with van der Waals surface area (Å²) in [7, 11) is 0. The lowest BCUT2D eigenvalue weighted by molar-refractivity contribution is 0.0760. The quantitative estimate of drug-likeness (QED) is 0.468. The van der Waals surface area contributed by atoms with Crippen LogP contribution in [0.5, 0.6) is 0 Å². The number of nitrogens with zero attached hydrogens (tertiary/aromatic N) is 4. The Bertz CT molecular complexity index is 978. The molecule has 2 aromatic heterocycles. The van der Waals surface area contributed by atoms with Gasteiger partial charge in [-0.2, -0.15) is 4.98 Å². The van der Waals surface area contributed by atoms with E-state index in [0.717, 1.165) is 31.4 Å². The van der Waals surface area contributed by atoms with Crippen molar-refractivity contribution in [3.05, 3.63) is 65.7 Å². The summed E-state index contributed by atoms with van der Waals surface area (Å²) in [6.07, 6.45) is 4.12. The van der Waals surface area contributed by atoms with Crippen LogP contribution in [0.25, 0.3) is 11.5 Å². The van der Waals surface area contributed by atoms with Crippen LogP contribution in [0, 0.1) is 11.6 Å². The van der Waals surface area contributed by atoms with Gasteiger partial charge in [-0.3, -0.25) is 9.78 Å². The highest BCUT2D eigenvalue weighted by molar-refractivity contribution is 5.94. The standard InChI is InChI=1S/C22H24F2N4O2/c1-3-28(22(29)16-10-11-17(23)18(24)14-16)13-7-5-8-15(2)21-26-20(27-30-21)19-9-4-6-12-25-19/h4,6,9-12,14-15H,3,5,7-8,13H2,1-2H3/t15-/m1/s1. The Morgan fingerprint density at radius 2 is 2.00 bits per heavy atom. The van der Waals surface area contributed by atoms with Crippen LogP contribution in [-0.2, 0) is 0 Å². The number of halogens is 2. The third-order valence-corrected chi connectivity index (χ3v) is 4.91. The van der Waals surface area contributed by atoms with Gasteiger partial charge < -0.3 is 9.42 Å². The van der Waals surface area contributed by atoms with Crippen molar-refractivity contribution in [3.63, 3.8) is 0 Å². The molecule has 0 aliphatic heterocycles. The van der Waals surface area contributed by atoms with Crippen molar-refractivity contribution in [3.8, 4) is 11.5 Å². The molecule has 1 atom stereocenters. The van der Waals surface area contributed by atoms with Gasteiger partial charge in [-0.25, -0.2) is 8.78 Å². The van der Waals surface area contributed by atoms with Gasteiger partial charge in [0, 0.05) is 30.8 Å². The fourth-order valence-corrected chi connectivity index (χ4v) is 3.13. The summed E-state index contributed by atoms with van der Waals surface area (Å²) >= 11 is 0. The number of rotatable bonds is 9. The Hall–Kier alpha value is -3.16. The number of aromatic nitrogens is 3. The number of carbonyl (C=O) groups is 1. The Morgan fingerprint density at radius 3 is 2.70 bits per heavy atom. The first-order valence-corrected chi connectivity index (χ1v) is 9.99. The largest absolute Gasteiger partial charge is 0.339 e. The topological polar surface area (TPSA) is 72.1 Å². The van der Waals surface area contributed by atoms with Crippen molar-refractivity contribution in [1.29, 1.82) is 0 Å². The second-order valence-corrected chi connectivity index (χ2v) is 7.08. The van der Waals surface area contributed by atoms with Crippen LogP contribution in [0.1, 0.15) is 55.3 Å². The number of benzene rings is 1. The molecule has 0 aliphatic rings. The summed E-state index contributed by atoms with van der Waals surface area (Å²) < 4.78 is 31.9. The molecule has 0 unspecified atom stereocenters. The van der Waals surface area contributed by atoms with Gasteiger partial charge in [0.05, 0.1) is 0 Å². The first-order chi connectivity index (χ1) is 14.5. The molecular formula is C22H24F2N4O2. The fourth-order valence-electron chi connectivity index (χ4n) is 3.13. The van der Waals surface area contributed by atoms with Crippen LogP contribution >= 0.6 is 0 Å². The van der Waals surface area contributed by atoms with Crippen molar-refractivity contribution in [2.45, 2.75) is 39.0 Å². The van der Waals surface area contributed by atoms with Crippen LogP contribution in [-0.4, -0.2) is 39.0 Å². The lowest BCUT2D eigenvalue weighted by Crippen LogP contribution is -2.31. The number of hydrogen-bond donors (Lipinski definition) is 0. The van der Waals surface area contributed by atoms with Gasteiger partial charge in [0.15, 0.2) is 11.6 Å². The zero-order valence-corrected chi connectivity index (χ0v) is 17.0. The second kappa shape index (κ2) is 10.0. The number of pyridine rings is 1. The lowest BCUT2D eigenvalue weighted by atomic mass is 10.0. The van der Waals surface area contributed by atoms with Gasteiger partial charge in [-0.05, 0) is 50.1 Å². The van der Waals surface area contributed by atoms with E-state index in [1.165, 1.54) is 6.07 Å². The number of unbranched alkanes of at least 4 members (excludes halogenated alkanes) is 1. The van der Waals surface area contributed by atoms with Crippen molar-refractivity contribution in [1.82, 2.24) is 20.0 Å². The zero-order valence-electron chi connectivity index (χ0n) is 17.0. The molecule has 0 saturated carbocycles. The van der Waals surface area contributed by atoms with Crippen LogP contribution in [0.15, 0.2) is 47.1 Å². The average molecular weight is 414 g/mol. The summed E-state index contributed by atoms with van der Waals surface area (Å²) in [4.78, 5) is 22.8. The predicted molar refractivity (Wildman–Crippen MR) is 108 cm³/mol. The first-order valence-electron chi connectivity index (χ1n) is 9.99. The molecule has 0 fully saturated rings. The molecule has 1 aromatic carbocycles. The van der Waals surface area contributed by atoms with Crippen LogP contribution in [0.4, 0.5) is 8.78 Å². The summed E-state index contributed by atoms with van der Waals surface area (Å²) in [6.45, 7) is 4.90. The molecule has 3 rings (SSSR count). The van der Waals surface area contributed by atoms with E-state index >= 15 is 0 Å². The Labute approximate surface area is 173 Å². The Kier molecular flexibility index (Phi) is 7.21. The summed E-state index contributed by atoms with van der Waals surface area (Å²) in [5, 5.41) is 3.99. The molecule has 1 amide bonds. The van der Waals surface area contributed by atoms with Crippen LogP contribution < -0.4 is 0 Å². The molecule has 6 nitrogen and oxygen atoms in total. The third kappa shape index (κ3) is 5.25. The van der Waals surface area contributed by atoms with Crippen molar-refractivity contribution >= 4 is 5.91 Å². The SMILES string of the molecule is CCN(CCCC[C@@H](C)c1nc(-c2ccccn2)no1)C(=O)c1ccc(F)c(F)c1. The lowest BCUT2D eigenvalue weighted by Gasteiger charge is -2.21. The smallest absolute Gasteiger partial charge is 0.253 e. The normalized spacial score (nSPS) is 12.0. The van der Waals surface area contributed by atoms with E-state index in [1.807, 2.05) is 32.0 Å². The van der Waals surface area contributed by atoms with Gasteiger partial charge in [0.25, 0.3) is 5.91 Å². The van der Waals surface area contributed by atoms with Gasteiger partial charge in [0.1, 0.15) is 5.69 Å². The molecule has 3 aromatic rings. The fraction of sp³-hybridized carbons (Fsp3) is 0.364. The van der Waals surface area contributed by atoms with Crippen molar-refractivity contribution in [2.24, 2.45) is 0 Å². The monoisotopic (exact) mass is 414 g/mol. The predicted octanol–water partition coefficient (Wildman–Crippen LogP) is 4.85. The van der Waals surface area contributed by atoms with Crippen molar-refractivity contribution < 1.29 is 18.1 Å². The van der Waals surface area contributed by atoms with Gasteiger partial charge >= 0.3 is 0 Å². The Balaban J connectivity index is 1.49. The molecule has 0 N–H and O–H groups in total. The van der Waals surface area contributed by atoms with E-state index in [-0.39, 0.29) is 17.4 Å². The highest BCUT2D eigenvalue weighted by Crippen LogP contribution is 2.22. The molecule has 0 radical (unpaired) electrons. The molecule has 0 bridgehead atoms. The summed E-state index contributed by atoms with van der Waals surface area (Å²) in [6, 6.07) is 8.73. The molecule has 8 heteroatoms. The Morgan fingerprint density at radius 1 is 1.17 bits per heavy atom. The molecule has 30 heavy (non-hydrogen) atoms. The van der Waals surface area contributed by atoms with Crippen molar-refractivity contribution in [2.75, 3.05) is 13.1 Å². The van der Waals surface area contributed by atoms with Gasteiger partial charge in [-0.1, -0.05) is 24.6 Å². The molecule has 0 saturated heterocycles. The van der Waals surface area contributed by atoms with Gasteiger partial charge in [-0.15, -0.1) is 0 Å². The summed E-state index contributed by atoms with van der Waals surface area (Å²) in [5.74, 6) is -1.19. The minimum atomic E-state index is -1.02. The second-order valence-electron chi connectivity index (χ2n) is 7.08. The highest BCUT2D eigenvalue weighted by Gasteiger charge is 2.18. The van der Waals surface area contributed by atoms with E-state index < -0.39 is 11.6 Å². The molecule has 0 aliphatic carbocycles. The average Bonchev–Trinajstić information content (AvgIpc) is 3.26. The van der Waals surface area contributed by atoms with E-state index in [2.05, 4.69) is 15.1 Å². The highest BCUT2D eigenvalue weighted by atomic mass is 19.2. The summed E-state index contributed by atoms with van der Waals surface area (Å²) in [5.41, 5.74) is 0.811. The molecule has 2 heterocycles. The van der Waals surface area contributed by atoms with Crippen LogP contribution in [0.2, 0.25) is 0 Å². The van der Waals surface area contributed by atoms with Crippen LogP contribution in [0.3, 0.4) is 0 Å².